The molecule has 0 bridgehead atoms. The number of hydrogen-bond acceptors (Lipinski definition) is 4. The fourth-order valence-corrected chi connectivity index (χ4v) is 3.27. The summed E-state index contributed by atoms with van der Waals surface area (Å²) in [5.41, 5.74) is 0.454. The first-order chi connectivity index (χ1) is 13.4. The Labute approximate surface area is 168 Å². The van der Waals surface area contributed by atoms with Crippen molar-refractivity contribution >= 4 is 39.4 Å². The molecule has 1 N–H and O–H groups in total. The van der Waals surface area contributed by atoms with E-state index in [1.807, 2.05) is 5.43 Å². The van der Waals surface area contributed by atoms with E-state index in [1.54, 1.807) is 0 Å². The van der Waals surface area contributed by atoms with E-state index < -0.39 is 40.0 Å². The molecule has 29 heavy (non-hydrogen) atoms. The van der Waals surface area contributed by atoms with E-state index in [0.717, 1.165) is 36.7 Å². The second kappa shape index (κ2) is 8.78. The van der Waals surface area contributed by atoms with Crippen LogP contribution in [-0.2, 0) is 21.0 Å². The minimum absolute atomic E-state index is 0.0322. The highest BCUT2D eigenvalue weighted by Crippen LogP contribution is 2.32. The van der Waals surface area contributed by atoms with E-state index in [9.17, 15) is 30.8 Å². The number of hydrazone groups is 1. The molecule has 0 aliphatic carbocycles. The number of nitrogens with one attached hydrogen (secondary N) is 1. The summed E-state index contributed by atoms with van der Waals surface area (Å²) in [7, 11) is -4.09. The number of carbonyl (C=O) groups excluding carboxylic acids is 1. The maximum absolute atomic E-state index is 13.6. The van der Waals surface area contributed by atoms with Crippen LogP contribution in [0.2, 0.25) is 5.02 Å². The van der Waals surface area contributed by atoms with E-state index in [-0.39, 0.29) is 16.3 Å². The van der Waals surface area contributed by atoms with Crippen molar-refractivity contribution in [2.45, 2.75) is 6.18 Å². The molecular formula is C17H14ClF4N3O3S. The van der Waals surface area contributed by atoms with Gasteiger partial charge in [0.25, 0.3) is 5.91 Å². The molecule has 1 amide bonds. The van der Waals surface area contributed by atoms with Gasteiger partial charge >= 0.3 is 6.18 Å². The van der Waals surface area contributed by atoms with E-state index in [4.69, 9.17) is 11.6 Å². The Kier molecular flexibility index (Phi) is 6.85. The molecule has 2 aromatic rings. The lowest BCUT2D eigenvalue weighted by Gasteiger charge is -2.22. The van der Waals surface area contributed by atoms with Gasteiger partial charge in [-0.05, 0) is 30.3 Å². The van der Waals surface area contributed by atoms with Crippen LogP contribution in [0.3, 0.4) is 0 Å². The fraction of sp³-hybridized carbons (Fsp3) is 0.176. The topological polar surface area (TPSA) is 78.8 Å². The molecule has 0 atom stereocenters. The van der Waals surface area contributed by atoms with Crippen molar-refractivity contribution in [2.24, 2.45) is 5.10 Å². The lowest BCUT2D eigenvalue weighted by molar-refractivity contribution is -0.137. The van der Waals surface area contributed by atoms with Gasteiger partial charge in [0.15, 0.2) is 0 Å². The van der Waals surface area contributed by atoms with Crippen molar-refractivity contribution in [1.29, 1.82) is 0 Å². The predicted molar refractivity (Wildman–Crippen MR) is 101 cm³/mol. The summed E-state index contributed by atoms with van der Waals surface area (Å²) >= 11 is 5.80. The summed E-state index contributed by atoms with van der Waals surface area (Å²) in [4.78, 5) is 12.0. The van der Waals surface area contributed by atoms with Crippen LogP contribution < -0.4 is 9.73 Å². The van der Waals surface area contributed by atoms with Crippen molar-refractivity contribution in [2.75, 3.05) is 17.1 Å². The normalized spacial score (nSPS) is 12.2. The van der Waals surface area contributed by atoms with Crippen molar-refractivity contribution in [1.82, 2.24) is 5.43 Å². The summed E-state index contributed by atoms with van der Waals surface area (Å²) in [5.74, 6) is -1.66. The van der Waals surface area contributed by atoms with Gasteiger partial charge in [-0.3, -0.25) is 9.10 Å². The van der Waals surface area contributed by atoms with Crippen LogP contribution in [-0.4, -0.2) is 33.3 Å². The van der Waals surface area contributed by atoms with Crippen LogP contribution in [0.4, 0.5) is 23.2 Å². The third-order valence-corrected chi connectivity index (χ3v) is 5.00. The van der Waals surface area contributed by atoms with E-state index in [1.165, 1.54) is 12.1 Å². The zero-order valence-electron chi connectivity index (χ0n) is 14.7. The first kappa shape index (κ1) is 22.6. The molecule has 156 valence electrons. The van der Waals surface area contributed by atoms with Gasteiger partial charge in [-0.1, -0.05) is 23.7 Å². The SMILES string of the molecule is CS(=O)(=O)N(CC(=O)N/N=C\c1c(F)cccc1Cl)c1cccc(C(F)(F)F)c1. The van der Waals surface area contributed by atoms with E-state index >= 15 is 0 Å². The van der Waals surface area contributed by atoms with Gasteiger partial charge in [0.05, 0.1) is 28.7 Å². The van der Waals surface area contributed by atoms with Gasteiger partial charge in [-0.15, -0.1) is 0 Å². The van der Waals surface area contributed by atoms with Crippen molar-refractivity contribution in [3.05, 3.63) is 64.4 Å². The quantitative estimate of drug-likeness (QED) is 0.415. The number of rotatable bonds is 6. The number of alkyl halides is 3. The maximum Gasteiger partial charge on any atom is 0.416 e. The van der Waals surface area contributed by atoms with Gasteiger partial charge < -0.3 is 0 Å². The van der Waals surface area contributed by atoms with Crippen LogP contribution in [0.1, 0.15) is 11.1 Å². The second-order valence-corrected chi connectivity index (χ2v) is 8.06. The highest BCUT2D eigenvalue weighted by molar-refractivity contribution is 7.92. The highest BCUT2D eigenvalue weighted by Gasteiger charge is 2.32. The monoisotopic (exact) mass is 451 g/mol. The highest BCUT2D eigenvalue weighted by atomic mass is 35.5. The summed E-state index contributed by atoms with van der Waals surface area (Å²) in [6.45, 7) is -0.845. The minimum atomic E-state index is -4.69. The molecule has 12 heteroatoms. The molecule has 6 nitrogen and oxygen atoms in total. The first-order valence-electron chi connectivity index (χ1n) is 7.80. The minimum Gasteiger partial charge on any atom is -0.271 e. The molecule has 0 unspecified atom stereocenters. The largest absolute Gasteiger partial charge is 0.416 e. The number of benzene rings is 2. The zero-order valence-corrected chi connectivity index (χ0v) is 16.3. The molecule has 2 aromatic carbocycles. The van der Waals surface area contributed by atoms with Crippen LogP contribution in [0.25, 0.3) is 0 Å². The van der Waals surface area contributed by atoms with Crippen molar-refractivity contribution in [3.8, 4) is 0 Å². The number of anilines is 1. The first-order valence-corrected chi connectivity index (χ1v) is 10.0. The Hall–Kier alpha value is -2.66. The van der Waals surface area contributed by atoms with Gasteiger partial charge in [0.2, 0.25) is 10.0 Å². The molecule has 0 fully saturated rings. The lowest BCUT2D eigenvalue weighted by Crippen LogP contribution is -2.39. The molecule has 0 spiro atoms. The Balaban J connectivity index is 2.19. The number of hydrogen-bond donors (Lipinski definition) is 1. The van der Waals surface area contributed by atoms with Gasteiger partial charge in [0.1, 0.15) is 12.4 Å². The molecule has 0 radical (unpaired) electrons. The molecule has 0 heterocycles. The molecule has 0 saturated carbocycles. The molecule has 0 aromatic heterocycles. The average molecular weight is 452 g/mol. The zero-order chi connectivity index (χ0) is 21.8. The van der Waals surface area contributed by atoms with E-state index in [0.29, 0.717) is 10.4 Å². The number of halogens is 5. The third-order valence-electron chi connectivity index (χ3n) is 3.53. The molecule has 2 rings (SSSR count). The van der Waals surface area contributed by atoms with Gasteiger partial charge in [-0.25, -0.2) is 18.2 Å². The number of nitrogens with zero attached hydrogens (tertiary/aromatic N) is 2. The van der Waals surface area contributed by atoms with E-state index in [2.05, 4.69) is 5.10 Å². The Morgan fingerprint density at radius 3 is 2.48 bits per heavy atom. The third kappa shape index (κ3) is 6.16. The lowest BCUT2D eigenvalue weighted by atomic mass is 10.2. The number of carbonyl (C=O) groups is 1. The van der Waals surface area contributed by atoms with Gasteiger partial charge in [-0.2, -0.15) is 18.3 Å². The predicted octanol–water partition coefficient (Wildman–Crippen LogP) is 3.41. The van der Waals surface area contributed by atoms with Crippen LogP contribution in [0.15, 0.2) is 47.6 Å². The van der Waals surface area contributed by atoms with Crippen molar-refractivity contribution in [3.63, 3.8) is 0 Å². The number of amides is 1. The second-order valence-electron chi connectivity index (χ2n) is 5.75. The Morgan fingerprint density at radius 2 is 1.90 bits per heavy atom. The summed E-state index contributed by atoms with van der Waals surface area (Å²) in [6.07, 6.45) is -3.03. The van der Waals surface area contributed by atoms with Crippen LogP contribution in [0.5, 0.6) is 0 Å². The standard InChI is InChI=1S/C17H14ClF4N3O3S/c1-29(27,28)25(12-5-2-4-11(8-12)17(20,21)22)10-16(26)24-23-9-13-14(18)6-3-7-15(13)19/h2-9H,10H2,1H3,(H,24,26)/b23-9-. The smallest absolute Gasteiger partial charge is 0.271 e. The fourth-order valence-electron chi connectivity index (χ4n) is 2.21. The number of sulfonamides is 1. The average Bonchev–Trinajstić information content (AvgIpc) is 2.60. The molecule has 0 aliphatic heterocycles. The summed E-state index contributed by atoms with van der Waals surface area (Å²) in [6, 6.07) is 7.40. The Bertz CT molecular complexity index is 1020. The van der Waals surface area contributed by atoms with Crippen LogP contribution >= 0.6 is 11.6 Å². The Morgan fingerprint density at radius 1 is 1.24 bits per heavy atom. The molecule has 0 aliphatic rings. The summed E-state index contributed by atoms with van der Waals surface area (Å²) in [5, 5.41) is 3.53. The van der Waals surface area contributed by atoms with Crippen LogP contribution in [0, 0.1) is 5.82 Å². The summed E-state index contributed by atoms with van der Waals surface area (Å²) < 4.78 is 76.7. The molecular weight excluding hydrogens is 438 g/mol. The molecule has 0 saturated heterocycles. The maximum atomic E-state index is 13.6. The van der Waals surface area contributed by atoms with Crippen molar-refractivity contribution < 1.29 is 30.8 Å². The van der Waals surface area contributed by atoms with Gasteiger partial charge in [0, 0.05) is 5.56 Å².